The largest absolute Gasteiger partial charge is 0.361 e. The molecule has 0 fully saturated rings. The number of carbonyl (C=O) groups is 2. The minimum absolute atomic E-state index is 0.119. The van der Waals surface area contributed by atoms with E-state index in [0.29, 0.717) is 5.56 Å². The smallest absolute Gasteiger partial charge is 0.252 e. The maximum Gasteiger partial charge on any atom is 0.252 e. The van der Waals surface area contributed by atoms with Gasteiger partial charge in [0.2, 0.25) is 5.91 Å². The van der Waals surface area contributed by atoms with Crippen molar-refractivity contribution in [2.24, 2.45) is 0 Å². The molecular weight excluding hydrogens is 290 g/mol. The lowest BCUT2D eigenvalue weighted by Crippen LogP contribution is -2.24. The second kappa shape index (κ2) is 5.28. The van der Waals surface area contributed by atoms with Crippen molar-refractivity contribution >= 4 is 28.4 Å². The number of hydrogen-bond donors (Lipinski definition) is 3. The maximum absolute atomic E-state index is 12.3. The van der Waals surface area contributed by atoms with Crippen LogP contribution in [0.25, 0.3) is 10.9 Å². The van der Waals surface area contributed by atoms with Gasteiger partial charge in [0.1, 0.15) is 0 Å². The van der Waals surface area contributed by atoms with Crippen LogP contribution in [0.5, 0.6) is 0 Å². The highest BCUT2D eigenvalue weighted by Crippen LogP contribution is 2.28. The van der Waals surface area contributed by atoms with Gasteiger partial charge in [-0.2, -0.15) is 0 Å². The molecule has 0 bridgehead atoms. The van der Waals surface area contributed by atoms with Crippen molar-refractivity contribution in [1.82, 2.24) is 10.3 Å². The first-order valence-electron chi connectivity index (χ1n) is 7.47. The van der Waals surface area contributed by atoms with Crippen molar-refractivity contribution in [1.29, 1.82) is 0 Å². The van der Waals surface area contributed by atoms with Gasteiger partial charge in [-0.1, -0.05) is 24.3 Å². The van der Waals surface area contributed by atoms with Gasteiger partial charge in [-0.25, -0.2) is 0 Å². The van der Waals surface area contributed by atoms with Crippen LogP contribution in [0.1, 0.15) is 28.4 Å². The summed E-state index contributed by atoms with van der Waals surface area (Å²) in [4.78, 5) is 27.3. The number of H-pyrrole nitrogens is 1. The summed E-state index contributed by atoms with van der Waals surface area (Å²) in [6.07, 6.45) is 2.08. The molecule has 3 N–H and O–H groups in total. The predicted molar refractivity (Wildman–Crippen MR) is 88.2 cm³/mol. The van der Waals surface area contributed by atoms with Crippen LogP contribution in [0.15, 0.2) is 54.7 Å². The van der Waals surface area contributed by atoms with E-state index in [-0.39, 0.29) is 24.3 Å². The molecule has 1 atom stereocenters. The van der Waals surface area contributed by atoms with Crippen molar-refractivity contribution in [3.8, 4) is 0 Å². The summed E-state index contributed by atoms with van der Waals surface area (Å²) < 4.78 is 0. The maximum atomic E-state index is 12.3. The molecule has 0 spiro atoms. The van der Waals surface area contributed by atoms with Gasteiger partial charge in [0.05, 0.1) is 12.5 Å². The van der Waals surface area contributed by atoms with E-state index < -0.39 is 0 Å². The highest BCUT2D eigenvalue weighted by atomic mass is 16.2. The summed E-state index contributed by atoms with van der Waals surface area (Å²) >= 11 is 0. The Morgan fingerprint density at radius 2 is 2.00 bits per heavy atom. The molecule has 23 heavy (non-hydrogen) atoms. The summed E-state index contributed by atoms with van der Waals surface area (Å²) in [5.74, 6) is -0.246. The van der Waals surface area contributed by atoms with Gasteiger partial charge in [-0.3, -0.25) is 9.59 Å². The fraction of sp³-hybridized carbons (Fsp3) is 0.111. The quantitative estimate of drug-likeness (QED) is 0.696. The number of hydrogen-bond acceptors (Lipinski definition) is 2. The summed E-state index contributed by atoms with van der Waals surface area (Å²) in [6.45, 7) is 0. The van der Waals surface area contributed by atoms with Gasteiger partial charge in [0.15, 0.2) is 0 Å². The molecule has 0 radical (unpaired) electrons. The molecule has 1 aliphatic rings. The number of fused-ring (bicyclic) bond motifs is 2. The van der Waals surface area contributed by atoms with Crippen LogP contribution in [-0.4, -0.2) is 16.8 Å². The molecule has 3 aromatic rings. The Kier molecular flexibility index (Phi) is 3.12. The van der Waals surface area contributed by atoms with E-state index in [4.69, 9.17) is 0 Å². The third-order valence-electron chi connectivity index (χ3n) is 4.11. The minimum Gasteiger partial charge on any atom is -0.361 e. The average molecular weight is 305 g/mol. The van der Waals surface area contributed by atoms with Crippen LogP contribution in [-0.2, 0) is 4.79 Å². The molecule has 114 valence electrons. The first kappa shape index (κ1) is 13.6. The number of anilines is 1. The van der Waals surface area contributed by atoms with Gasteiger partial charge < -0.3 is 15.6 Å². The Hall–Kier alpha value is -3.08. The first-order valence-corrected chi connectivity index (χ1v) is 7.47. The Balaban J connectivity index is 1.49. The zero-order valence-electron chi connectivity index (χ0n) is 12.3. The number of aromatic nitrogens is 1. The lowest BCUT2D eigenvalue weighted by Gasteiger charge is -2.12. The summed E-state index contributed by atoms with van der Waals surface area (Å²) in [5.41, 5.74) is 3.25. The monoisotopic (exact) mass is 305 g/mol. The zero-order chi connectivity index (χ0) is 15.8. The Morgan fingerprint density at radius 1 is 1.13 bits per heavy atom. The molecule has 2 heterocycles. The van der Waals surface area contributed by atoms with Gasteiger partial charge in [0.25, 0.3) is 5.91 Å². The van der Waals surface area contributed by atoms with E-state index in [1.807, 2.05) is 48.7 Å². The molecule has 4 rings (SSSR count). The molecule has 0 saturated heterocycles. The van der Waals surface area contributed by atoms with Crippen molar-refractivity contribution in [2.45, 2.75) is 12.5 Å². The fourth-order valence-electron chi connectivity index (χ4n) is 3.01. The van der Waals surface area contributed by atoms with Gasteiger partial charge >= 0.3 is 0 Å². The summed E-state index contributed by atoms with van der Waals surface area (Å²) in [5, 5.41) is 6.84. The number of amides is 2. The molecule has 0 saturated carbocycles. The van der Waals surface area contributed by atoms with Crippen LogP contribution >= 0.6 is 0 Å². The zero-order valence-corrected chi connectivity index (χ0v) is 12.3. The molecule has 1 aliphatic heterocycles. The highest BCUT2D eigenvalue weighted by Gasteiger charge is 2.29. The molecule has 2 amide bonds. The molecular formula is C18H15N3O2. The fourth-order valence-corrected chi connectivity index (χ4v) is 3.01. The van der Waals surface area contributed by atoms with Gasteiger partial charge in [-0.05, 0) is 35.2 Å². The number of nitrogens with one attached hydrogen (secondary N) is 3. The van der Waals surface area contributed by atoms with Crippen molar-refractivity contribution in [3.05, 3.63) is 65.9 Å². The lowest BCUT2D eigenvalue weighted by atomic mass is 10.0. The lowest BCUT2D eigenvalue weighted by molar-refractivity contribution is -0.116. The molecule has 5 heteroatoms. The Labute approximate surface area is 132 Å². The first-order chi connectivity index (χ1) is 11.2. The minimum atomic E-state index is -0.270. The van der Waals surface area contributed by atoms with E-state index in [1.54, 1.807) is 6.07 Å². The molecule has 1 unspecified atom stereocenters. The van der Waals surface area contributed by atoms with Crippen LogP contribution in [0, 0.1) is 0 Å². The van der Waals surface area contributed by atoms with Gasteiger partial charge in [-0.15, -0.1) is 0 Å². The second-order valence-electron chi connectivity index (χ2n) is 5.65. The SMILES string of the molecule is O=C(CC1NC(=O)c2ccccc21)Nc1ccc2cc[nH]c2c1. The van der Waals surface area contributed by atoms with Crippen LogP contribution in [0.4, 0.5) is 5.69 Å². The topological polar surface area (TPSA) is 74.0 Å². The number of benzene rings is 2. The van der Waals surface area contributed by atoms with E-state index >= 15 is 0 Å². The van der Waals surface area contributed by atoms with E-state index in [1.165, 1.54) is 0 Å². The van der Waals surface area contributed by atoms with Crippen LogP contribution in [0.3, 0.4) is 0 Å². The average Bonchev–Trinajstić information content (AvgIpc) is 3.12. The van der Waals surface area contributed by atoms with E-state index in [9.17, 15) is 9.59 Å². The molecule has 5 nitrogen and oxygen atoms in total. The van der Waals surface area contributed by atoms with Crippen LogP contribution < -0.4 is 10.6 Å². The Bertz CT molecular complexity index is 913. The molecule has 1 aromatic heterocycles. The molecule has 2 aromatic carbocycles. The number of carbonyl (C=O) groups excluding carboxylic acids is 2. The van der Waals surface area contributed by atoms with Crippen molar-refractivity contribution < 1.29 is 9.59 Å². The number of rotatable bonds is 3. The molecule has 0 aliphatic carbocycles. The van der Waals surface area contributed by atoms with Crippen molar-refractivity contribution in [3.63, 3.8) is 0 Å². The standard InChI is InChI=1S/C18H15N3O2/c22-17(20-12-6-5-11-7-8-19-15(11)9-12)10-16-13-3-1-2-4-14(13)18(23)21-16/h1-9,16,19H,10H2,(H,20,22)(H,21,23). The third-order valence-corrected chi connectivity index (χ3v) is 4.11. The van der Waals surface area contributed by atoms with Crippen LogP contribution in [0.2, 0.25) is 0 Å². The normalized spacial score (nSPS) is 16.2. The van der Waals surface area contributed by atoms with Gasteiger partial charge in [0, 0.05) is 23.0 Å². The second-order valence-corrected chi connectivity index (χ2v) is 5.65. The summed E-state index contributed by atoms with van der Waals surface area (Å²) in [7, 11) is 0. The number of aromatic amines is 1. The third kappa shape index (κ3) is 2.46. The summed E-state index contributed by atoms with van der Waals surface area (Å²) in [6, 6.07) is 14.8. The van der Waals surface area contributed by atoms with Crippen molar-refractivity contribution in [2.75, 3.05) is 5.32 Å². The highest BCUT2D eigenvalue weighted by molar-refractivity contribution is 6.01. The van der Waals surface area contributed by atoms with E-state index in [2.05, 4.69) is 15.6 Å². The predicted octanol–water partition coefficient (Wildman–Crippen LogP) is 2.98. The Morgan fingerprint density at radius 3 is 2.91 bits per heavy atom. The van der Waals surface area contributed by atoms with E-state index in [0.717, 1.165) is 22.2 Å².